The monoisotopic (exact) mass is 301 g/mol. The number of likely N-dealkylation sites (tertiary alicyclic amines) is 1. The minimum Gasteiger partial charge on any atom is -0.492 e. The lowest BCUT2D eigenvalue weighted by molar-refractivity contribution is 0.177. The fourth-order valence-corrected chi connectivity index (χ4v) is 2.68. The quantitative estimate of drug-likeness (QED) is 0.743. The van der Waals surface area contributed by atoms with Gasteiger partial charge in [0.1, 0.15) is 5.75 Å². The van der Waals surface area contributed by atoms with E-state index in [-0.39, 0.29) is 0 Å². The Kier molecular flexibility index (Phi) is 5.80. The first-order chi connectivity index (χ1) is 9.15. The van der Waals surface area contributed by atoms with E-state index in [2.05, 4.69) is 11.8 Å². The number of halogens is 2. The topological polar surface area (TPSA) is 12.5 Å². The average Bonchev–Trinajstić information content (AvgIpc) is 2.40. The van der Waals surface area contributed by atoms with Gasteiger partial charge in [-0.25, -0.2) is 0 Å². The summed E-state index contributed by atoms with van der Waals surface area (Å²) < 4.78 is 5.69. The summed E-state index contributed by atoms with van der Waals surface area (Å²) in [6.07, 6.45) is 3.67. The van der Waals surface area contributed by atoms with Gasteiger partial charge < -0.3 is 9.64 Å². The highest BCUT2D eigenvalue weighted by Gasteiger charge is 2.14. The van der Waals surface area contributed by atoms with Crippen molar-refractivity contribution >= 4 is 23.2 Å². The highest BCUT2D eigenvalue weighted by Crippen LogP contribution is 2.27. The van der Waals surface area contributed by atoms with Crippen LogP contribution in [0.1, 0.15) is 26.2 Å². The van der Waals surface area contributed by atoms with Gasteiger partial charge in [0.05, 0.1) is 11.6 Å². The zero-order valence-electron chi connectivity index (χ0n) is 11.4. The second-order valence-electron chi connectivity index (χ2n) is 5.30. The summed E-state index contributed by atoms with van der Waals surface area (Å²) in [5.74, 6) is 1.57. The van der Waals surface area contributed by atoms with Crippen LogP contribution in [0.2, 0.25) is 10.0 Å². The number of ether oxygens (including phenoxy) is 1. The maximum absolute atomic E-state index is 6.05. The number of nitrogens with zero attached hydrogens (tertiary/aromatic N) is 1. The van der Waals surface area contributed by atoms with Crippen LogP contribution in [0, 0.1) is 5.92 Å². The third-order valence-electron chi connectivity index (χ3n) is 3.65. The van der Waals surface area contributed by atoms with Gasteiger partial charge in [-0.3, -0.25) is 0 Å². The highest BCUT2D eigenvalue weighted by molar-refractivity contribution is 6.34. The molecular weight excluding hydrogens is 281 g/mol. The summed E-state index contributed by atoms with van der Waals surface area (Å²) in [6.45, 7) is 6.57. The van der Waals surface area contributed by atoms with Crippen LogP contribution in [0.25, 0.3) is 0 Å². The molecule has 4 heteroatoms. The molecule has 0 amide bonds. The van der Waals surface area contributed by atoms with Crippen molar-refractivity contribution in [3.63, 3.8) is 0 Å². The van der Waals surface area contributed by atoms with E-state index in [1.54, 1.807) is 18.2 Å². The predicted molar refractivity (Wildman–Crippen MR) is 81.4 cm³/mol. The molecule has 0 atom stereocenters. The molecule has 1 heterocycles. The molecule has 0 unspecified atom stereocenters. The molecular formula is C15H21Cl2NO. The maximum atomic E-state index is 6.05. The number of rotatable bonds is 5. The minimum atomic E-state index is 0.621. The fraction of sp³-hybridized carbons (Fsp3) is 0.600. The summed E-state index contributed by atoms with van der Waals surface area (Å²) in [5.41, 5.74) is 0. The fourth-order valence-electron chi connectivity index (χ4n) is 2.34. The van der Waals surface area contributed by atoms with E-state index in [1.165, 1.54) is 25.9 Å². The van der Waals surface area contributed by atoms with Crippen molar-refractivity contribution in [2.75, 3.05) is 26.2 Å². The Morgan fingerprint density at radius 1 is 1.26 bits per heavy atom. The molecule has 0 aromatic heterocycles. The lowest BCUT2D eigenvalue weighted by Gasteiger charge is -2.30. The molecule has 1 aliphatic rings. The molecule has 19 heavy (non-hydrogen) atoms. The lowest BCUT2D eigenvalue weighted by Crippen LogP contribution is -2.34. The summed E-state index contributed by atoms with van der Waals surface area (Å²) >= 11 is 12.0. The first-order valence-corrected chi connectivity index (χ1v) is 7.71. The zero-order chi connectivity index (χ0) is 13.7. The van der Waals surface area contributed by atoms with Gasteiger partial charge in [0.25, 0.3) is 0 Å². The largest absolute Gasteiger partial charge is 0.492 e. The molecule has 106 valence electrons. The summed E-state index contributed by atoms with van der Waals surface area (Å²) in [4.78, 5) is 2.52. The molecule has 1 aliphatic heterocycles. The summed E-state index contributed by atoms with van der Waals surface area (Å²) in [6, 6.07) is 5.31. The standard InChI is InChI=1S/C15H21Cl2NO/c1-12-5-8-18(9-6-12)7-2-10-19-15-11-13(16)3-4-14(15)17/h3-4,11-12H,2,5-10H2,1H3. The molecule has 2 nitrogen and oxygen atoms in total. The lowest BCUT2D eigenvalue weighted by atomic mass is 9.99. The Labute approximate surface area is 125 Å². The zero-order valence-corrected chi connectivity index (χ0v) is 12.9. The van der Waals surface area contributed by atoms with E-state index in [0.29, 0.717) is 22.4 Å². The van der Waals surface area contributed by atoms with Crippen LogP contribution in [-0.2, 0) is 0 Å². The van der Waals surface area contributed by atoms with Crippen molar-refractivity contribution in [3.05, 3.63) is 28.2 Å². The number of benzene rings is 1. The average molecular weight is 302 g/mol. The van der Waals surface area contributed by atoms with Crippen LogP contribution in [0.4, 0.5) is 0 Å². The Morgan fingerprint density at radius 2 is 2.00 bits per heavy atom. The second kappa shape index (κ2) is 7.37. The molecule has 0 spiro atoms. The molecule has 1 aromatic rings. The third-order valence-corrected chi connectivity index (χ3v) is 4.19. The van der Waals surface area contributed by atoms with Crippen molar-refractivity contribution in [2.24, 2.45) is 5.92 Å². The normalized spacial score (nSPS) is 17.6. The van der Waals surface area contributed by atoms with Crippen LogP contribution in [0.15, 0.2) is 18.2 Å². The molecule has 0 bridgehead atoms. The summed E-state index contributed by atoms with van der Waals surface area (Å²) in [5, 5.41) is 1.28. The molecule has 0 aliphatic carbocycles. The Bertz CT molecular complexity index is 403. The van der Waals surface area contributed by atoms with Crippen molar-refractivity contribution < 1.29 is 4.74 Å². The van der Waals surface area contributed by atoms with Gasteiger partial charge in [0.2, 0.25) is 0 Å². The highest BCUT2D eigenvalue weighted by atomic mass is 35.5. The van der Waals surface area contributed by atoms with Crippen molar-refractivity contribution in [1.29, 1.82) is 0 Å². The van der Waals surface area contributed by atoms with Gasteiger partial charge >= 0.3 is 0 Å². The van der Waals surface area contributed by atoms with E-state index in [9.17, 15) is 0 Å². The summed E-state index contributed by atoms with van der Waals surface area (Å²) in [7, 11) is 0. The van der Waals surface area contributed by atoms with E-state index in [1.807, 2.05) is 0 Å². The van der Waals surface area contributed by atoms with Gasteiger partial charge in [0, 0.05) is 17.6 Å². The van der Waals surface area contributed by atoms with Crippen LogP contribution in [0.3, 0.4) is 0 Å². The molecule has 0 N–H and O–H groups in total. The molecule has 2 rings (SSSR count). The van der Waals surface area contributed by atoms with E-state index in [4.69, 9.17) is 27.9 Å². The first-order valence-electron chi connectivity index (χ1n) is 6.95. The van der Waals surface area contributed by atoms with Crippen LogP contribution < -0.4 is 4.74 Å². The number of piperidine rings is 1. The van der Waals surface area contributed by atoms with Crippen molar-refractivity contribution in [1.82, 2.24) is 4.90 Å². The van der Waals surface area contributed by atoms with Gasteiger partial charge in [-0.15, -0.1) is 0 Å². The van der Waals surface area contributed by atoms with Crippen LogP contribution >= 0.6 is 23.2 Å². The van der Waals surface area contributed by atoms with Crippen molar-refractivity contribution in [3.8, 4) is 5.75 Å². The van der Waals surface area contributed by atoms with Crippen molar-refractivity contribution in [2.45, 2.75) is 26.2 Å². The molecule has 1 aromatic carbocycles. The first kappa shape index (κ1) is 15.0. The van der Waals surface area contributed by atoms with E-state index < -0.39 is 0 Å². The Balaban J connectivity index is 1.68. The minimum absolute atomic E-state index is 0.621. The second-order valence-corrected chi connectivity index (χ2v) is 6.14. The Morgan fingerprint density at radius 3 is 2.74 bits per heavy atom. The molecule has 1 saturated heterocycles. The molecule has 1 fully saturated rings. The molecule has 0 saturated carbocycles. The van der Waals surface area contributed by atoms with Gasteiger partial charge in [-0.05, 0) is 50.4 Å². The van der Waals surface area contributed by atoms with Gasteiger partial charge in [-0.1, -0.05) is 30.1 Å². The maximum Gasteiger partial charge on any atom is 0.139 e. The smallest absolute Gasteiger partial charge is 0.139 e. The predicted octanol–water partition coefficient (Wildman–Crippen LogP) is 4.49. The van der Waals surface area contributed by atoms with Gasteiger partial charge in [-0.2, -0.15) is 0 Å². The number of hydrogen-bond acceptors (Lipinski definition) is 2. The Hall–Kier alpha value is -0.440. The third kappa shape index (κ3) is 4.87. The molecule has 0 radical (unpaired) electrons. The van der Waals surface area contributed by atoms with E-state index >= 15 is 0 Å². The van der Waals surface area contributed by atoms with Crippen LogP contribution in [-0.4, -0.2) is 31.1 Å². The van der Waals surface area contributed by atoms with E-state index in [0.717, 1.165) is 18.9 Å². The van der Waals surface area contributed by atoms with Gasteiger partial charge in [0.15, 0.2) is 0 Å². The SMILES string of the molecule is CC1CCN(CCCOc2cc(Cl)ccc2Cl)CC1. The number of hydrogen-bond donors (Lipinski definition) is 0. The van der Waals surface area contributed by atoms with Crippen LogP contribution in [0.5, 0.6) is 5.75 Å².